The third-order valence-electron chi connectivity index (χ3n) is 4.85. The van der Waals surface area contributed by atoms with Crippen LogP contribution in [-0.2, 0) is 12.7 Å². The Bertz CT molecular complexity index is 1230. The van der Waals surface area contributed by atoms with Gasteiger partial charge in [-0.2, -0.15) is 13.2 Å². The number of aromatic nitrogens is 3. The molecule has 9 heteroatoms. The maximum atomic E-state index is 12.9. The van der Waals surface area contributed by atoms with Gasteiger partial charge in [0.15, 0.2) is 17.3 Å². The number of halogens is 3. The van der Waals surface area contributed by atoms with Crippen molar-refractivity contribution in [3.8, 4) is 22.9 Å². The van der Waals surface area contributed by atoms with Gasteiger partial charge in [0.2, 0.25) is 0 Å². The average Bonchev–Trinajstić information content (AvgIpc) is 2.81. The van der Waals surface area contributed by atoms with Crippen LogP contribution in [0.15, 0.2) is 60.9 Å². The Morgan fingerprint density at radius 3 is 2.28 bits per heavy atom. The predicted octanol–water partition coefficient (Wildman–Crippen LogP) is 5.34. The summed E-state index contributed by atoms with van der Waals surface area (Å²) in [5, 5.41) is 3.95. The summed E-state index contributed by atoms with van der Waals surface area (Å²) in [7, 11) is 3.05. The van der Waals surface area contributed by atoms with E-state index in [1.807, 2.05) is 12.1 Å². The first-order valence-electron chi connectivity index (χ1n) is 9.63. The van der Waals surface area contributed by atoms with Crippen molar-refractivity contribution in [3.05, 3.63) is 72.1 Å². The Labute approximate surface area is 182 Å². The normalized spacial score (nSPS) is 11.4. The first-order valence-corrected chi connectivity index (χ1v) is 9.63. The van der Waals surface area contributed by atoms with Crippen LogP contribution in [0.5, 0.6) is 11.5 Å². The number of benzene rings is 2. The molecule has 4 rings (SSSR count). The summed E-state index contributed by atoms with van der Waals surface area (Å²) in [5.41, 5.74) is 1.22. The van der Waals surface area contributed by atoms with Crippen molar-refractivity contribution in [1.82, 2.24) is 15.0 Å². The molecule has 32 heavy (non-hydrogen) atoms. The van der Waals surface area contributed by atoms with Gasteiger partial charge in [0.25, 0.3) is 0 Å². The van der Waals surface area contributed by atoms with Gasteiger partial charge in [-0.25, -0.2) is 9.97 Å². The molecule has 0 aliphatic rings. The van der Waals surface area contributed by atoms with Crippen LogP contribution < -0.4 is 14.8 Å². The first kappa shape index (κ1) is 21.4. The smallest absolute Gasteiger partial charge is 0.416 e. The van der Waals surface area contributed by atoms with Crippen LogP contribution in [0, 0.1) is 0 Å². The van der Waals surface area contributed by atoms with Crippen molar-refractivity contribution in [3.63, 3.8) is 0 Å². The molecule has 0 radical (unpaired) electrons. The Hall–Kier alpha value is -3.88. The fourth-order valence-corrected chi connectivity index (χ4v) is 3.22. The number of hydrogen-bond acceptors (Lipinski definition) is 6. The van der Waals surface area contributed by atoms with E-state index in [4.69, 9.17) is 9.47 Å². The molecule has 0 aliphatic heterocycles. The molecule has 2 aromatic carbocycles. The Morgan fingerprint density at radius 2 is 1.66 bits per heavy atom. The topological polar surface area (TPSA) is 69.2 Å². The second-order valence-corrected chi connectivity index (χ2v) is 6.91. The average molecular weight is 440 g/mol. The summed E-state index contributed by atoms with van der Waals surface area (Å²) >= 11 is 0. The third-order valence-corrected chi connectivity index (χ3v) is 4.85. The van der Waals surface area contributed by atoms with Crippen LogP contribution in [0.3, 0.4) is 0 Å². The van der Waals surface area contributed by atoms with E-state index in [0.29, 0.717) is 40.3 Å². The van der Waals surface area contributed by atoms with E-state index in [1.165, 1.54) is 26.4 Å². The summed E-state index contributed by atoms with van der Waals surface area (Å²) < 4.78 is 49.6. The molecular formula is C23H19F3N4O2. The van der Waals surface area contributed by atoms with E-state index in [2.05, 4.69) is 20.3 Å². The van der Waals surface area contributed by atoms with Crippen molar-refractivity contribution in [1.29, 1.82) is 0 Å². The minimum Gasteiger partial charge on any atom is -0.493 e. The molecule has 0 aliphatic carbocycles. The second kappa shape index (κ2) is 8.70. The largest absolute Gasteiger partial charge is 0.493 e. The van der Waals surface area contributed by atoms with Gasteiger partial charge in [-0.15, -0.1) is 0 Å². The molecule has 0 spiro atoms. The highest BCUT2D eigenvalue weighted by Crippen LogP contribution is 2.36. The highest BCUT2D eigenvalue weighted by molar-refractivity contribution is 5.93. The van der Waals surface area contributed by atoms with Crippen molar-refractivity contribution < 1.29 is 22.6 Å². The molecule has 0 saturated heterocycles. The second-order valence-electron chi connectivity index (χ2n) is 6.91. The number of nitrogens with one attached hydrogen (secondary N) is 1. The van der Waals surface area contributed by atoms with E-state index in [0.717, 1.165) is 17.7 Å². The van der Waals surface area contributed by atoms with E-state index < -0.39 is 11.7 Å². The van der Waals surface area contributed by atoms with Gasteiger partial charge in [0.1, 0.15) is 5.82 Å². The molecule has 4 aromatic rings. The predicted molar refractivity (Wildman–Crippen MR) is 115 cm³/mol. The van der Waals surface area contributed by atoms with Crippen LogP contribution in [0.4, 0.5) is 19.0 Å². The number of alkyl halides is 3. The number of rotatable bonds is 6. The Balaban J connectivity index is 1.81. The molecule has 2 heterocycles. The molecule has 0 amide bonds. The van der Waals surface area contributed by atoms with Crippen LogP contribution in [0.2, 0.25) is 0 Å². The lowest BCUT2D eigenvalue weighted by atomic mass is 10.1. The van der Waals surface area contributed by atoms with Gasteiger partial charge in [0, 0.05) is 36.0 Å². The minimum absolute atomic E-state index is 0.284. The minimum atomic E-state index is -4.41. The molecule has 0 atom stereocenters. The Kier molecular flexibility index (Phi) is 5.81. The fraction of sp³-hybridized carbons (Fsp3) is 0.174. The van der Waals surface area contributed by atoms with E-state index in [-0.39, 0.29) is 5.82 Å². The van der Waals surface area contributed by atoms with Gasteiger partial charge in [-0.3, -0.25) is 4.98 Å². The lowest BCUT2D eigenvalue weighted by Crippen LogP contribution is -2.06. The molecular weight excluding hydrogens is 421 g/mol. The number of methoxy groups -OCH3 is 2. The molecule has 0 saturated carbocycles. The van der Waals surface area contributed by atoms with Crippen LogP contribution in [0.1, 0.15) is 11.1 Å². The van der Waals surface area contributed by atoms with Crippen LogP contribution >= 0.6 is 0 Å². The number of ether oxygens (including phenoxy) is 2. The van der Waals surface area contributed by atoms with E-state index >= 15 is 0 Å². The molecule has 0 fully saturated rings. The number of pyridine rings is 1. The zero-order valence-corrected chi connectivity index (χ0v) is 17.3. The number of hydrogen-bond donors (Lipinski definition) is 1. The zero-order chi connectivity index (χ0) is 22.7. The quantitative estimate of drug-likeness (QED) is 0.437. The van der Waals surface area contributed by atoms with E-state index in [1.54, 1.807) is 24.5 Å². The fourth-order valence-electron chi connectivity index (χ4n) is 3.22. The SMILES string of the molecule is COc1cc2nc(-c3ccc(C(F)(F)F)cc3)nc(NCc3cccnc3)c2cc1OC. The van der Waals surface area contributed by atoms with Crippen molar-refractivity contribution in [2.75, 3.05) is 19.5 Å². The molecule has 2 aromatic heterocycles. The molecule has 164 valence electrons. The number of fused-ring (bicyclic) bond motifs is 1. The third kappa shape index (κ3) is 4.41. The monoisotopic (exact) mass is 440 g/mol. The van der Waals surface area contributed by atoms with Gasteiger partial charge >= 0.3 is 6.18 Å². The van der Waals surface area contributed by atoms with Gasteiger partial charge in [-0.05, 0) is 29.8 Å². The first-order chi connectivity index (χ1) is 15.4. The standard InChI is InChI=1S/C23H19F3N4O2/c1-31-19-10-17-18(11-20(19)32-2)29-21(15-5-7-16(8-6-15)23(24,25)26)30-22(17)28-13-14-4-3-9-27-12-14/h3-12H,13H2,1-2H3,(H,28,29,30). The van der Waals surface area contributed by atoms with Crippen LogP contribution in [-0.4, -0.2) is 29.2 Å². The van der Waals surface area contributed by atoms with Crippen molar-refractivity contribution >= 4 is 16.7 Å². The molecule has 1 N–H and O–H groups in total. The van der Waals surface area contributed by atoms with Gasteiger partial charge < -0.3 is 14.8 Å². The van der Waals surface area contributed by atoms with Gasteiger partial charge in [-0.1, -0.05) is 18.2 Å². The van der Waals surface area contributed by atoms with Crippen molar-refractivity contribution in [2.45, 2.75) is 12.7 Å². The lowest BCUT2D eigenvalue weighted by molar-refractivity contribution is -0.137. The molecule has 6 nitrogen and oxygen atoms in total. The summed E-state index contributed by atoms with van der Waals surface area (Å²) in [6.07, 6.45) is -0.997. The highest BCUT2D eigenvalue weighted by Gasteiger charge is 2.30. The maximum absolute atomic E-state index is 12.9. The number of anilines is 1. The number of nitrogens with zero attached hydrogens (tertiary/aromatic N) is 3. The summed E-state index contributed by atoms with van der Waals surface area (Å²) in [5.74, 6) is 1.78. The maximum Gasteiger partial charge on any atom is 0.416 e. The highest BCUT2D eigenvalue weighted by atomic mass is 19.4. The summed E-state index contributed by atoms with van der Waals surface area (Å²) in [4.78, 5) is 13.2. The molecule has 0 unspecified atom stereocenters. The van der Waals surface area contributed by atoms with Crippen LogP contribution in [0.25, 0.3) is 22.3 Å². The Morgan fingerprint density at radius 1 is 0.938 bits per heavy atom. The van der Waals surface area contributed by atoms with Gasteiger partial charge in [0.05, 0.1) is 25.3 Å². The summed E-state index contributed by atoms with van der Waals surface area (Å²) in [6, 6.07) is 12.0. The van der Waals surface area contributed by atoms with E-state index in [9.17, 15) is 13.2 Å². The zero-order valence-electron chi connectivity index (χ0n) is 17.3. The van der Waals surface area contributed by atoms with Crippen molar-refractivity contribution in [2.24, 2.45) is 0 Å². The summed E-state index contributed by atoms with van der Waals surface area (Å²) in [6.45, 7) is 0.445. The lowest BCUT2D eigenvalue weighted by Gasteiger charge is -2.14. The molecule has 0 bridgehead atoms.